The zero-order chi connectivity index (χ0) is 33.6. The number of aryl methyl sites for hydroxylation is 1. The number of unbranched alkanes of at least 4 members (excludes halogenated alkanes) is 4. The van der Waals surface area contributed by atoms with Gasteiger partial charge in [-0.2, -0.15) is 0 Å². The number of esters is 1. The molecule has 0 atom stereocenters. The maximum Gasteiger partial charge on any atom is 0.305 e. The van der Waals surface area contributed by atoms with E-state index in [0.29, 0.717) is 55.0 Å². The summed E-state index contributed by atoms with van der Waals surface area (Å²) in [7, 11) is 1.92. The summed E-state index contributed by atoms with van der Waals surface area (Å²) >= 11 is 0. The number of fused-ring (bicyclic) bond motifs is 1. The number of hydrogen-bond donors (Lipinski definition) is 3. The Bertz CT molecular complexity index is 1670. The van der Waals surface area contributed by atoms with Crippen molar-refractivity contribution < 1.29 is 24.2 Å². The summed E-state index contributed by atoms with van der Waals surface area (Å²) in [4.78, 5) is 47.0. The van der Waals surface area contributed by atoms with Crippen molar-refractivity contribution in [2.75, 3.05) is 23.4 Å². The highest BCUT2D eigenvalue weighted by Gasteiger charge is 2.21. The van der Waals surface area contributed by atoms with Crippen LogP contribution in [0.15, 0.2) is 72.9 Å². The van der Waals surface area contributed by atoms with Gasteiger partial charge in [-0.25, -0.2) is 9.97 Å². The summed E-state index contributed by atoms with van der Waals surface area (Å²) in [6, 6.07) is 18.3. The van der Waals surface area contributed by atoms with Gasteiger partial charge in [0.25, 0.3) is 5.91 Å². The average molecular weight is 641 g/mol. The molecule has 1 amide bonds. The number of benzene rings is 2. The van der Waals surface area contributed by atoms with Crippen molar-refractivity contribution in [3.05, 3.63) is 89.9 Å². The molecule has 2 heterocycles. The molecule has 248 valence electrons. The number of aliphatic carboxylic acids is 1. The molecule has 0 unspecified atom stereocenters. The van der Waals surface area contributed by atoms with Gasteiger partial charge < -0.3 is 25.5 Å². The van der Waals surface area contributed by atoms with Crippen molar-refractivity contribution in [3.8, 4) is 0 Å². The normalized spacial score (nSPS) is 11.4. The Hall–Kier alpha value is -5.19. The largest absolute Gasteiger partial charge is 0.481 e. The van der Waals surface area contributed by atoms with Crippen molar-refractivity contribution >= 4 is 46.1 Å². The number of aromatic nitrogens is 3. The minimum Gasteiger partial charge on any atom is -0.481 e. The second-order valence-electron chi connectivity index (χ2n) is 11.3. The van der Waals surface area contributed by atoms with Crippen LogP contribution in [0, 0.1) is 0 Å². The lowest BCUT2D eigenvalue weighted by atomic mass is 10.1. The smallest absolute Gasteiger partial charge is 0.305 e. The number of carboxylic acid groups (broad SMARTS) is 1. The maximum absolute atomic E-state index is 13.5. The second-order valence-corrected chi connectivity index (χ2v) is 11.3. The first-order valence-corrected chi connectivity index (χ1v) is 16.1. The Morgan fingerprint density at radius 2 is 1.79 bits per heavy atom. The van der Waals surface area contributed by atoms with Crippen LogP contribution in [0.4, 0.5) is 11.5 Å². The minimum absolute atomic E-state index is 0.00339. The molecule has 2 aromatic heterocycles. The van der Waals surface area contributed by atoms with Gasteiger partial charge in [0.2, 0.25) is 0 Å². The molecular weight excluding hydrogens is 596 g/mol. The second kappa shape index (κ2) is 17.5. The van der Waals surface area contributed by atoms with Crippen LogP contribution in [0.2, 0.25) is 0 Å². The number of anilines is 2. The highest BCUT2D eigenvalue weighted by molar-refractivity contribution is 6.07. The van der Waals surface area contributed by atoms with E-state index in [1.165, 1.54) is 11.3 Å². The fourth-order valence-corrected chi connectivity index (χ4v) is 5.11. The lowest BCUT2D eigenvalue weighted by Crippen LogP contribution is -2.33. The molecule has 47 heavy (non-hydrogen) atoms. The van der Waals surface area contributed by atoms with Gasteiger partial charge in [0, 0.05) is 43.2 Å². The molecule has 0 saturated heterocycles. The number of nitrogens with two attached hydrogens (primary N) is 1. The van der Waals surface area contributed by atoms with E-state index >= 15 is 0 Å². The predicted molar refractivity (Wildman–Crippen MR) is 184 cm³/mol. The van der Waals surface area contributed by atoms with Gasteiger partial charge in [0.15, 0.2) is 0 Å². The molecule has 0 aliphatic rings. The number of allylic oxidation sites excluding steroid dienone is 1. The minimum atomic E-state index is -0.996. The summed E-state index contributed by atoms with van der Waals surface area (Å²) in [5, 5.41) is 12.6. The van der Waals surface area contributed by atoms with E-state index in [-0.39, 0.29) is 24.8 Å². The van der Waals surface area contributed by atoms with Crippen LogP contribution >= 0.6 is 0 Å². The zero-order valence-electron chi connectivity index (χ0n) is 27.2. The molecule has 4 aromatic rings. The Morgan fingerprint density at radius 3 is 2.51 bits per heavy atom. The van der Waals surface area contributed by atoms with Gasteiger partial charge in [0.1, 0.15) is 11.6 Å². The monoisotopic (exact) mass is 640 g/mol. The summed E-state index contributed by atoms with van der Waals surface area (Å²) in [6.45, 7) is 3.10. The predicted octanol–water partition coefficient (Wildman–Crippen LogP) is 6.30. The van der Waals surface area contributed by atoms with Crippen molar-refractivity contribution in [1.82, 2.24) is 14.5 Å². The number of rotatable bonds is 18. The molecule has 2 aromatic carbocycles. The lowest BCUT2D eigenvalue weighted by molar-refractivity contribution is -0.144. The third-order valence-electron chi connectivity index (χ3n) is 7.82. The average Bonchev–Trinajstić information content (AvgIpc) is 3.40. The van der Waals surface area contributed by atoms with Crippen molar-refractivity contribution in [3.63, 3.8) is 0 Å². The van der Waals surface area contributed by atoms with Gasteiger partial charge in [-0.15, -0.1) is 0 Å². The first-order valence-electron chi connectivity index (χ1n) is 16.1. The number of imidazole rings is 1. The van der Waals surface area contributed by atoms with E-state index in [1.807, 2.05) is 48.0 Å². The van der Waals surface area contributed by atoms with Crippen LogP contribution in [-0.4, -0.2) is 50.6 Å². The van der Waals surface area contributed by atoms with E-state index in [2.05, 4.69) is 17.2 Å². The molecule has 4 N–H and O–H groups in total. The number of carboxylic acids is 1. The molecule has 11 nitrogen and oxygen atoms in total. The van der Waals surface area contributed by atoms with Crippen molar-refractivity contribution in [2.24, 2.45) is 12.8 Å². The van der Waals surface area contributed by atoms with E-state index in [9.17, 15) is 19.5 Å². The van der Waals surface area contributed by atoms with Crippen LogP contribution in [-0.2, 0) is 27.9 Å². The Kier molecular flexibility index (Phi) is 12.9. The molecule has 0 radical (unpaired) electrons. The topological polar surface area (TPSA) is 153 Å². The molecule has 0 spiro atoms. The fraction of sp³-hybridized carbons (Fsp3) is 0.361. The van der Waals surface area contributed by atoms with E-state index in [4.69, 9.17) is 15.5 Å². The first-order chi connectivity index (χ1) is 22.8. The number of hydrogen-bond acceptors (Lipinski definition) is 8. The molecule has 0 saturated carbocycles. The Balaban J connectivity index is 1.32. The Labute approximate surface area is 275 Å². The standard InChI is InChI=1S/C36H44N6O5/c1-3-4-5-10-23-47-35(45)13-7-6-11-29(37)26-14-17-28(18-15-26)39-25-33-40-30-24-27(16-19-31(30)41(33)2)36(46)42(22-20-34(43)44)32-12-8-9-21-38-32/h8-9,11-12,14-19,21,24,39H,3-7,10,13,20,22-23,25,37H2,1-2H3,(H,43,44)/b29-11+. The number of pyridine rings is 1. The first kappa shape index (κ1) is 34.7. The molecule has 0 bridgehead atoms. The van der Waals surface area contributed by atoms with Crippen LogP contribution < -0.4 is 16.0 Å². The van der Waals surface area contributed by atoms with E-state index < -0.39 is 5.97 Å². The molecular formula is C36H44N6O5. The molecule has 0 aliphatic carbocycles. The Morgan fingerprint density at radius 1 is 1.00 bits per heavy atom. The summed E-state index contributed by atoms with van der Waals surface area (Å²) in [5.74, 6) is -0.331. The highest BCUT2D eigenvalue weighted by atomic mass is 16.5. The number of carbonyl (C=O) groups excluding carboxylic acids is 2. The third kappa shape index (κ3) is 10.2. The zero-order valence-corrected chi connectivity index (χ0v) is 27.2. The SMILES string of the molecule is CCCCCCOC(=O)CCC/C=C(/N)c1ccc(NCc2nc3cc(C(=O)N(CCC(=O)O)c4ccccn4)ccc3n2C)cc1. The van der Waals surface area contributed by atoms with Gasteiger partial charge in [-0.3, -0.25) is 19.3 Å². The summed E-state index contributed by atoms with van der Waals surface area (Å²) < 4.78 is 7.26. The molecule has 4 rings (SSSR count). The number of ether oxygens (including phenoxy) is 1. The molecule has 11 heteroatoms. The number of nitrogens with zero attached hydrogens (tertiary/aromatic N) is 4. The highest BCUT2D eigenvalue weighted by Crippen LogP contribution is 2.22. The van der Waals surface area contributed by atoms with Crippen LogP contribution in [0.3, 0.4) is 0 Å². The lowest BCUT2D eigenvalue weighted by Gasteiger charge is -2.21. The van der Waals surface area contributed by atoms with E-state index in [1.54, 1.807) is 36.5 Å². The van der Waals surface area contributed by atoms with Crippen LogP contribution in [0.5, 0.6) is 0 Å². The maximum atomic E-state index is 13.5. The van der Waals surface area contributed by atoms with Gasteiger partial charge in [-0.1, -0.05) is 50.5 Å². The molecule has 0 fully saturated rings. The summed E-state index contributed by atoms with van der Waals surface area (Å²) in [5.41, 5.74) is 10.7. The third-order valence-corrected chi connectivity index (χ3v) is 7.82. The van der Waals surface area contributed by atoms with Crippen LogP contribution in [0.1, 0.15) is 80.0 Å². The van der Waals surface area contributed by atoms with Gasteiger partial charge >= 0.3 is 11.9 Å². The van der Waals surface area contributed by atoms with Crippen molar-refractivity contribution in [2.45, 2.75) is 64.8 Å². The van der Waals surface area contributed by atoms with E-state index in [0.717, 1.165) is 41.9 Å². The van der Waals surface area contributed by atoms with Gasteiger partial charge in [-0.05, 0) is 67.3 Å². The fourth-order valence-electron chi connectivity index (χ4n) is 5.11. The number of nitrogens with one attached hydrogen (secondary N) is 1. The summed E-state index contributed by atoms with van der Waals surface area (Å²) in [6.07, 6.45) is 9.41. The van der Waals surface area contributed by atoms with Crippen molar-refractivity contribution in [1.29, 1.82) is 0 Å². The molecule has 0 aliphatic heterocycles. The quantitative estimate of drug-likeness (QED) is 0.0841. The number of amides is 1. The number of carbonyl (C=O) groups is 3. The van der Waals surface area contributed by atoms with Gasteiger partial charge in [0.05, 0.1) is 30.6 Å². The van der Waals surface area contributed by atoms with Crippen LogP contribution in [0.25, 0.3) is 16.7 Å².